The quantitative estimate of drug-likeness (QED) is 0.610. The van der Waals surface area contributed by atoms with Gasteiger partial charge in [-0.3, -0.25) is 9.80 Å². The van der Waals surface area contributed by atoms with Crippen molar-refractivity contribution in [3.05, 3.63) is 34.9 Å². The van der Waals surface area contributed by atoms with E-state index < -0.39 is 5.60 Å². The predicted molar refractivity (Wildman–Crippen MR) is 71.4 cm³/mol. The van der Waals surface area contributed by atoms with Crippen molar-refractivity contribution in [1.82, 2.24) is 5.01 Å². The minimum atomic E-state index is -0.858. The van der Waals surface area contributed by atoms with Crippen LogP contribution in [0.4, 0.5) is 0 Å². The van der Waals surface area contributed by atoms with Crippen LogP contribution in [-0.4, -0.2) is 28.8 Å². The first-order chi connectivity index (χ1) is 9.02. The van der Waals surface area contributed by atoms with Crippen LogP contribution >= 0.6 is 0 Å². The van der Waals surface area contributed by atoms with Gasteiger partial charge in [0.1, 0.15) is 0 Å². The Hall–Kier alpha value is -1.88. The number of aryl methyl sites for hydroxylation is 2. The van der Waals surface area contributed by atoms with Gasteiger partial charge in [-0.2, -0.15) is 0 Å². The molecule has 5 nitrogen and oxygen atoms in total. The zero-order valence-electron chi connectivity index (χ0n) is 11.1. The van der Waals surface area contributed by atoms with Gasteiger partial charge in [-0.05, 0) is 36.6 Å². The van der Waals surface area contributed by atoms with Crippen molar-refractivity contribution in [3.63, 3.8) is 0 Å². The second kappa shape index (κ2) is 4.06. The maximum absolute atomic E-state index is 12.0. The molecule has 19 heavy (non-hydrogen) atoms. The van der Waals surface area contributed by atoms with E-state index in [-0.39, 0.29) is 5.91 Å². The summed E-state index contributed by atoms with van der Waals surface area (Å²) in [6.45, 7) is 4.65. The molecule has 1 unspecified atom stereocenters. The van der Waals surface area contributed by atoms with Crippen LogP contribution in [0.15, 0.2) is 23.4 Å². The molecule has 0 saturated carbocycles. The van der Waals surface area contributed by atoms with E-state index in [1.807, 2.05) is 6.07 Å². The van der Waals surface area contributed by atoms with E-state index in [9.17, 15) is 4.79 Å². The summed E-state index contributed by atoms with van der Waals surface area (Å²) in [6, 6.07) is 6.16. The van der Waals surface area contributed by atoms with Gasteiger partial charge in [-0.15, -0.1) is 0 Å². The Balaban J connectivity index is 1.86. The van der Waals surface area contributed by atoms with E-state index in [1.165, 1.54) is 16.1 Å². The van der Waals surface area contributed by atoms with Gasteiger partial charge < -0.3 is 4.84 Å². The standard InChI is InChI=1S/C14H17N3O2/c1-9-3-4-11(7-10(9)2)12-8-14(19-16-12)5-6-17(15)13(14)18/h3-4,7H,5-6,8,15H2,1-2H3. The molecule has 2 aliphatic heterocycles. The Morgan fingerprint density at radius 1 is 1.37 bits per heavy atom. The average molecular weight is 259 g/mol. The number of hydrazine groups is 1. The Morgan fingerprint density at radius 3 is 2.79 bits per heavy atom. The molecular formula is C14H17N3O2. The maximum Gasteiger partial charge on any atom is 0.283 e. The summed E-state index contributed by atoms with van der Waals surface area (Å²) >= 11 is 0. The predicted octanol–water partition coefficient (Wildman–Crippen LogP) is 1.27. The van der Waals surface area contributed by atoms with Crippen molar-refractivity contribution in [1.29, 1.82) is 0 Å². The van der Waals surface area contributed by atoms with Crippen molar-refractivity contribution in [3.8, 4) is 0 Å². The van der Waals surface area contributed by atoms with E-state index >= 15 is 0 Å². The maximum atomic E-state index is 12.0. The van der Waals surface area contributed by atoms with E-state index in [1.54, 1.807) is 0 Å². The van der Waals surface area contributed by atoms with Gasteiger partial charge in [-0.25, -0.2) is 5.84 Å². The molecule has 2 N–H and O–H groups in total. The summed E-state index contributed by atoms with van der Waals surface area (Å²) in [6.07, 6.45) is 1.10. The molecule has 1 aromatic rings. The minimum absolute atomic E-state index is 0.171. The monoisotopic (exact) mass is 259 g/mol. The molecular weight excluding hydrogens is 242 g/mol. The molecule has 1 amide bonds. The molecule has 1 atom stereocenters. The molecule has 1 fully saturated rings. The summed E-state index contributed by atoms with van der Waals surface area (Å²) in [5.41, 5.74) is 3.43. The Bertz CT molecular complexity index is 582. The zero-order valence-corrected chi connectivity index (χ0v) is 11.1. The third kappa shape index (κ3) is 1.81. The van der Waals surface area contributed by atoms with Crippen LogP contribution in [0.25, 0.3) is 0 Å². The largest absolute Gasteiger partial charge is 0.378 e. The number of amides is 1. The highest BCUT2D eigenvalue weighted by atomic mass is 16.7. The molecule has 0 bridgehead atoms. The molecule has 2 aliphatic rings. The van der Waals surface area contributed by atoms with Crippen LogP contribution in [-0.2, 0) is 9.63 Å². The van der Waals surface area contributed by atoms with Gasteiger partial charge in [0.2, 0.25) is 5.60 Å². The smallest absolute Gasteiger partial charge is 0.283 e. The number of benzene rings is 1. The highest BCUT2D eigenvalue weighted by Gasteiger charge is 2.52. The van der Waals surface area contributed by atoms with Crippen LogP contribution in [0.3, 0.4) is 0 Å². The zero-order chi connectivity index (χ0) is 13.6. The highest BCUT2D eigenvalue weighted by Crippen LogP contribution is 2.35. The first-order valence-corrected chi connectivity index (χ1v) is 6.41. The molecule has 3 rings (SSSR count). The van der Waals surface area contributed by atoms with Gasteiger partial charge in [0, 0.05) is 19.4 Å². The van der Waals surface area contributed by atoms with Crippen LogP contribution in [0.5, 0.6) is 0 Å². The van der Waals surface area contributed by atoms with Crippen LogP contribution in [0, 0.1) is 13.8 Å². The van der Waals surface area contributed by atoms with Crippen LogP contribution in [0.1, 0.15) is 29.5 Å². The van der Waals surface area contributed by atoms with Crippen LogP contribution in [0.2, 0.25) is 0 Å². The number of nitrogens with zero attached hydrogens (tertiary/aromatic N) is 2. The number of hydrogen-bond acceptors (Lipinski definition) is 4. The van der Waals surface area contributed by atoms with Crippen molar-refractivity contribution >= 4 is 11.6 Å². The number of rotatable bonds is 1. The molecule has 2 heterocycles. The van der Waals surface area contributed by atoms with E-state index in [2.05, 4.69) is 31.1 Å². The molecule has 1 spiro atoms. The lowest BCUT2D eigenvalue weighted by atomic mass is 9.92. The van der Waals surface area contributed by atoms with Crippen molar-refractivity contribution in [2.45, 2.75) is 32.3 Å². The normalized spacial score (nSPS) is 25.9. The minimum Gasteiger partial charge on any atom is -0.378 e. The summed E-state index contributed by atoms with van der Waals surface area (Å²) < 4.78 is 0. The Labute approximate surface area is 112 Å². The lowest BCUT2D eigenvalue weighted by Crippen LogP contribution is -2.43. The topological polar surface area (TPSA) is 67.9 Å². The third-order valence-electron chi connectivity index (χ3n) is 4.03. The third-order valence-corrected chi connectivity index (χ3v) is 4.03. The summed E-state index contributed by atoms with van der Waals surface area (Å²) in [7, 11) is 0. The molecule has 1 aromatic carbocycles. The fourth-order valence-corrected chi connectivity index (χ4v) is 2.57. The number of nitrogens with two attached hydrogens (primary N) is 1. The summed E-state index contributed by atoms with van der Waals surface area (Å²) in [4.78, 5) is 17.5. The lowest BCUT2D eigenvalue weighted by molar-refractivity contribution is -0.146. The van der Waals surface area contributed by atoms with Crippen molar-refractivity contribution in [2.24, 2.45) is 11.0 Å². The fraction of sp³-hybridized carbons (Fsp3) is 0.429. The Morgan fingerprint density at radius 2 is 2.16 bits per heavy atom. The molecule has 0 radical (unpaired) electrons. The lowest BCUT2D eigenvalue weighted by Gasteiger charge is -2.17. The molecule has 0 aliphatic carbocycles. The van der Waals surface area contributed by atoms with E-state index in [4.69, 9.17) is 10.7 Å². The Kier molecular flexibility index (Phi) is 2.60. The molecule has 5 heteroatoms. The number of carbonyl (C=O) groups is 1. The van der Waals surface area contributed by atoms with Gasteiger partial charge in [0.25, 0.3) is 5.91 Å². The van der Waals surface area contributed by atoms with Crippen LogP contribution < -0.4 is 5.84 Å². The van der Waals surface area contributed by atoms with E-state index in [0.717, 1.165) is 11.3 Å². The number of hydrogen-bond donors (Lipinski definition) is 1. The van der Waals surface area contributed by atoms with E-state index in [0.29, 0.717) is 19.4 Å². The van der Waals surface area contributed by atoms with Gasteiger partial charge in [0.15, 0.2) is 0 Å². The van der Waals surface area contributed by atoms with Crippen molar-refractivity contribution < 1.29 is 9.63 Å². The van der Waals surface area contributed by atoms with Crippen molar-refractivity contribution in [2.75, 3.05) is 6.54 Å². The highest BCUT2D eigenvalue weighted by molar-refractivity contribution is 6.06. The summed E-state index contributed by atoms with van der Waals surface area (Å²) in [5.74, 6) is 5.44. The second-order valence-corrected chi connectivity index (χ2v) is 5.35. The number of carbonyl (C=O) groups excluding carboxylic acids is 1. The van der Waals surface area contributed by atoms with Gasteiger partial charge in [-0.1, -0.05) is 17.3 Å². The second-order valence-electron chi connectivity index (χ2n) is 5.35. The molecule has 100 valence electrons. The molecule has 1 saturated heterocycles. The SMILES string of the molecule is Cc1ccc(C2=NOC3(CCN(N)C3=O)C2)cc1C. The van der Waals surface area contributed by atoms with Gasteiger partial charge >= 0.3 is 0 Å². The first-order valence-electron chi connectivity index (χ1n) is 6.41. The summed E-state index contributed by atoms with van der Waals surface area (Å²) in [5, 5.41) is 5.33. The first kappa shape index (κ1) is 12.2. The molecule has 0 aromatic heterocycles. The average Bonchev–Trinajstić information content (AvgIpc) is 2.94. The fourth-order valence-electron chi connectivity index (χ4n) is 2.57. The van der Waals surface area contributed by atoms with Gasteiger partial charge in [0.05, 0.1) is 5.71 Å². The number of oxime groups is 1.